The fourth-order valence-electron chi connectivity index (χ4n) is 3.60. The van der Waals surface area contributed by atoms with Gasteiger partial charge in [-0.25, -0.2) is 0 Å². The Hall–Kier alpha value is -1.75. The van der Waals surface area contributed by atoms with Gasteiger partial charge in [-0.15, -0.1) is 0 Å². The molecule has 1 aromatic rings. The van der Waals surface area contributed by atoms with E-state index in [1.807, 2.05) is 29.2 Å². The van der Waals surface area contributed by atoms with Gasteiger partial charge in [-0.1, -0.05) is 6.07 Å². The molecule has 1 aromatic carbocycles. The highest BCUT2D eigenvalue weighted by atomic mass is 16.5. The third-order valence-corrected chi connectivity index (χ3v) is 5.05. The Kier molecular flexibility index (Phi) is 5.61. The molecule has 132 valence electrons. The maximum Gasteiger partial charge on any atom is 0.222 e. The molecular formula is C19H27NO4. The molecule has 1 unspecified atom stereocenters. The Labute approximate surface area is 143 Å². The Morgan fingerprint density at radius 3 is 2.92 bits per heavy atom. The highest BCUT2D eigenvalue weighted by Crippen LogP contribution is 2.35. The van der Waals surface area contributed by atoms with Crippen LogP contribution < -0.4 is 9.47 Å². The summed E-state index contributed by atoms with van der Waals surface area (Å²) in [5.74, 6) is 1.84. The molecule has 3 rings (SSSR count). The largest absolute Gasteiger partial charge is 0.497 e. The standard InChI is InChI=1S/C19H27NO4/c1-22-16-5-2-6-17(15-16)23-13-4-11-20-12-10-19(8-3-14-24-19)9-7-18(20)21/h2,5-6,15H,3-4,7-14H2,1H3. The van der Waals surface area contributed by atoms with Crippen LogP contribution in [0.1, 0.15) is 38.5 Å². The molecule has 0 saturated carbocycles. The van der Waals surface area contributed by atoms with Crippen molar-refractivity contribution in [3.05, 3.63) is 24.3 Å². The minimum atomic E-state index is -0.0263. The molecule has 0 aromatic heterocycles. The molecular weight excluding hydrogens is 306 g/mol. The van der Waals surface area contributed by atoms with Crippen LogP contribution in [0.25, 0.3) is 0 Å². The molecule has 0 bridgehead atoms. The number of amides is 1. The predicted molar refractivity (Wildman–Crippen MR) is 91.5 cm³/mol. The van der Waals surface area contributed by atoms with Crippen molar-refractivity contribution in [2.24, 2.45) is 0 Å². The van der Waals surface area contributed by atoms with Gasteiger partial charge in [0.2, 0.25) is 5.91 Å². The number of carbonyl (C=O) groups is 1. The van der Waals surface area contributed by atoms with Crippen LogP contribution in [0.2, 0.25) is 0 Å². The number of likely N-dealkylation sites (tertiary alicyclic amines) is 1. The van der Waals surface area contributed by atoms with E-state index in [2.05, 4.69) is 0 Å². The fourth-order valence-corrected chi connectivity index (χ4v) is 3.60. The van der Waals surface area contributed by atoms with Crippen molar-refractivity contribution in [2.45, 2.75) is 44.1 Å². The third kappa shape index (κ3) is 4.20. The maximum absolute atomic E-state index is 12.3. The molecule has 1 amide bonds. The van der Waals surface area contributed by atoms with Crippen molar-refractivity contribution >= 4 is 5.91 Å². The first-order valence-corrected chi connectivity index (χ1v) is 8.89. The minimum absolute atomic E-state index is 0.0263. The van der Waals surface area contributed by atoms with E-state index >= 15 is 0 Å². The molecule has 2 fully saturated rings. The Balaban J connectivity index is 1.43. The van der Waals surface area contributed by atoms with Crippen molar-refractivity contribution in [3.63, 3.8) is 0 Å². The molecule has 1 atom stereocenters. The van der Waals surface area contributed by atoms with Crippen LogP contribution in [0.3, 0.4) is 0 Å². The normalized spacial score (nSPS) is 24.2. The first-order valence-electron chi connectivity index (χ1n) is 8.89. The SMILES string of the molecule is COc1cccc(OCCCN2CCC3(CCCO3)CCC2=O)c1. The highest BCUT2D eigenvalue weighted by Gasteiger charge is 2.38. The Morgan fingerprint density at radius 2 is 2.12 bits per heavy atom. The summed E-state index contributed by atoms with van der Waals surface area (Å²) in [6.45, 7) is 3.00. The number of rotatable bonds is 6. The fraction of sp³-hybridized carbons (Fsp3) is 0.632. The molecule has 24 heavy (non-hydrogen) atoms. The summed E-state index contributed by atoms with van der Waals surface area (Å²) in [5.41, 5.74) is -0.0263. The van der Waals surface area contributed by atoms with Crippen LogP contribution in [0.5, 0.6) is 11.5 Å². The average Bonchev–Trinajstić information content (AvgIpc) is 3.02. The van der Waals surface area contributed by atoms with Gasteiger partial charge in [0.25, 0.3) is 0 Å². The lowest BCUT2D eigenvalue weighted by Crippen LogP contribution is -2.33. The predicted octanol–water partition coefficient (Wildman–Crippen LogP) is 3.03. The molecule has 2 saturated heterocycles. The zero-order chi connectivity index (χ0) is 16.8. The number of carbonyl (C=O) groups excluding carboxylic acids is 1. The van der Waals surface area contributed by atoms with Gasteiger partial charge in [0.15, 0.2) is 0 Å². The number of hydrogen-bond acceptors (Lipinski definition) is 4. The number of ether oxygens (including phenoxy) is 3. The molecule has 5 nitrogen and oxygen atoms in total. The molecule has 2 heterocycles. The molecule has 1 spiro atoms. The van der Waals surface area contributed by atoms with Crippen molar-refractivity contribution in [2.75, 3.05) is 33.4 Å². The van der Waals surface area contributed by atoms with E-state index in [9.17, 15) is 4.79 Å². The number of benzene rings is 1. The Morgan fingerprint density at radius 1 is 1.25 bits per heavy atom. The van der Waals surface area contributed by atoms with Crippen LogP contribution in [-0.4, -0.2) is 49.8 Å². The molecule has 0 N–H and O–H groups in total. The second-order valence-corrected chi connectivity index (χ2v) is 6.65. The van der Waals surface area contributed by atoms with E-state index in [0.717, 1.165) is 63.3 Å². The third-order valence-electron chi connectivity index (χ3n) is 5.05. The summed E-state index contributed by atoms with van der Waals surface area (Å²) < 4.78 is 16.9. The summed E-state index contributed by atoms with van der Waals surface area (Å²) in [7, 11) is 1.64. The van der Waals surface area contributed by atoms with E-state index in [4.69, 9.17) is 14.2 Å². The van der Waals surface area contributed by atoms with Gasteiger partial charge in [-0.2, -0.15) is 0 Å². The van der Waals surface area contributed by atoms with Gasteiger partial charge >= 0.3 is 0 Å². The van der Waals surface area contributed by atoms with E-state index < -0.39 is 0 Å². The summed E-state index contributed by atoms with van der Waals surface area (Å²) in [6.07, 6.45) is 5.52. The molecule has 0 aliphatic carbocycles. The summed E-state index contributed by atoms with van der Waals surface area (Å²) in [5, 5.41) is 0. The van der Waals surface area contributed by atoms with Gasteiger partial charge in [-0.05, 0) is 44.2 Å². The van der Waals surface area contributed by atoms with Gasteiger partial charge in [0, 0.05) is 32.2 Å². The topological polar surface area (TPSA) is 48.0 Å². The summed E-state index contributed by atoms with van der Waals surface area (Å²) in [6, 6.07) is 7.59. The zero-order valence-corrected chi connectivity index (χ0v) is 14.5. The summed E-state index contributed by atoms with van der Waals surface area (Å²) >= 11 is 0. The number of nitrogens with zero attached hydrogens (tertiary/aromatic N) is 1. The van der Waals surface area contributed by atoms with E-state index in [-0.39, 0.29) is 11.5 Å². The maximum atomic E-state index is 12.3. The molecule has 0 radical (unpaired) electrons. The van der Waals surface area contributed by atoms with Crippen LogP contribution >= 0.6 is 0 Å². The monoisotopic (exact) mass is 333 g/mol. The van der Waals surface area contributed by atoms with Crippen LogP contribution in [-0.2, 0) is 9.53 Å². The number of methoxy groups -OCH3 is 1. The lowest BCUT2D eigenvalue weighted by molar-refractivity contribution is -0.130. The van der Waals surface area contributed by atoms with Crippen molar-refractivity contribution < 1.29 is 19.0 Å². The highest BCUT2D eigenvalue weighted by molar-refractivity contribution is 5.76. The molecule has 2 aliphatic rings. The lowest BCUT2D eigenvalue weighted by Gasteiger charge is -2.26. The second-order valence-electron chi connectivity index (χ2n) is 6.65. The van der Waals surface area contributed by atoms with Gasteiger partial charge in [0.05, 0.1) is 19.3 Å². The van der Waals surface area contributed by atoms with Crippen LogP contribution in [0.4, 0.5) is 0 Å². The second kappa shape index (κ2) is 7.88. The van der Waals surface area contributed by atoms with Gasteiger partial charge in [-0.3, -0.25) is 4.79 Å². The quantitative estimate of drug-likeness (QED) is 0.751. The van der Waals surface area contributed by atoms with Crippen molar-refractivity contribution in [3.8, 4) is 11.5 Å². The van der Waals surface area contributed by atoms with Crippen molar-refractivity contribution in [1.82, 2.24) is 4.90 Å². The summed E-state index contributed by atoms with van der Waals surface area (Å²) in [4.78, 5) is 14.3. The first kappa shape index (κ1) is 17.1. The van der Waals surface area contributed by atoms with Crippen LogP contribution in [0, 0.1) is 0 Å². The molecule has 5 heteroatoms. The minimum Gasteiger partial charge on any atom is -0.497 e. The van der Waals surface area contributed by atoms with E-state index in [1.165, 1.54) is 0 Å². The van der Waals surface area contributed by atoms with Gasteiger partial charge in [0.1, 0.15) is 11.5 Å². The van der Waals surface area contributed by atoms with Crippen LogP contribution in [0.15, 0.2) is 24.3 Å². The number of hydrogen-bond donors (Lipinski definition) is 0. The molecule has 2 aliphatic heterocycles. The lowest BCUT2D eigenvalue weighted by atomic mass is 9.92. The van der Waals surface area contributed by atoms with E-state index in [1.54, 1.807) is 7.11 Å². The smallest absolute Gasteiger partial charge is 0.222 e. The average molecular weight is 333 g/mol. The first-order chi connectivity index (χ1) is 11.7. The Bertz CT molecular complexity index is 554. The van der Waals surface area contributed by atoms with Gasteiger partial charge < -0.3 is 19.1 Å². The zero-order valence-electron chi connectivity index (χ0n) is 14.5. The van der Waals surface area contributed by atoms with E-state index in [0.29, 0.717) is 13.0 Å². The van der Waals surface area contributed by atoms with Crippen molar-refractivity contribution in [1.29, 1.82) is 0 Å².